The lowest BCUT2D eigenvalue weighted by Crippen LogP contribution is -3.61. The van der Waals surface area contributed by atoms with E-state index in [0.717, 1.165) is 24.3 Å². The van der Waals surface area contributed by atoms with E-state index in [1.165, 1.54) is 31.4 Å². The second kappa shape index (κ2) is 14.9. The first-order valence-corrected chi connectivity index (χ1v) is 15.0. The lowest BCUT2D eigenvalue weighted by molar-refractivity contribution is -0.597. The largest absolute Gasteiger partial charge is 0.673 e. The molecular formula is C26H18BF10I2+. The zero-order valence-corrected chi connectivity index (χ0v) is 23.8. The fraction of sp³-hybridized carbons (Fsp3) is 0.0769. The minimum Gasteiger partial charge on any atom is -0.418 e. The number of halogens is 12. The molecule has 0 unspecified atom stereocenters. The Labute approximate surface area is 239 Å². The van der Waals surface area contributed by atoms with Crippen LogP contribution in [-0.2, 0) is 12.4 Å². The van der Waals surface area contributed by atoms with Crippen LogP contribution in [0.15, 0.2) is 109 Å². The third-order valence-electron chi connectivity index (χ3n) is 4.25. The summed E-state index contributed by atoms with van der Waals surface area (Å²) < 4.78 is 118. The fourth-order valence-electron chi connectivity index (χ4n) is 2.61. The van der Waals surface area contributed by atoms with Crippen LogP contribution in [0.3, 0.4) is 0 Å². The van der Waals surface area contributed by atoms with E-state index in [9.17, 15) is 43.6 Å². The van der Waals surface area contributed by atoms with Crippen LogP contribution in [0.4, 0.5) is 43.6 Å². The van der Waals surface area contributed by atoms with Crippen molar-refractivity contribution in [3.8, 4) is 0 Å². The summed E-state index contributed by atoms with van der Waals surface area (Å²) >= 11 is -0.776. The number of alkyl halides is 6. The highest BCUT2D eigenvalue weighted by atomic mass is 127. The minimum absolute atomic E-state index is 0.0287. The molecule has 0 heterocycles. The van der Waals surface area contributed by atoms with Crippen LogP contribution >= 0.6 is 0 Å². The van der Waals surface area contributed by atoms with Crippen LogP contribution in [0, 0.1) is 14.3 Å². The molecule has 0 aliphatic heterocycles. The molecule has 0 atom stereocenters. The fourth-order valence-corrected chi connectivity index (χ4v) is 7.04. The van der Waals surface area contributed by atoms with Crippen molar-refractivity contribution < 1.29 is 86.0 Å². The van der Waals surface area contributed by atoms with Gasteiger partial charge in [0.1, 0.15) is 0 Å². The number of benzene rings is 4. The summed E-state index contributed by atoms with van der Waals surface area (Å²) in [6, 6.07) is 30.8. The predicted octanol–water partition coefficient (Wildman–Crippen LogP) is 2.97. The molecule has 0 N–H and O–H groups in total. The van der Waals surface area contributed by atoms with Crippen LogP contribution in [0.25, 0.3) is 0 Å². The second-order valence-corrected chi connectivity index (χ2v) is 13.3. The first-order valence-electron chi connectivity index (χ1n) is 10.7. The smallest absolute Gasteiger partial charge is 0.418 e. The molecule has 4 aromatic rings. The summed E-state index contributed by atoms with van der Waals surface area (Å²) in [6.45, 7) is 0. The van der Waals surface area contributed by atoms with Crippen molar-refractivity contribution in [1.29, 1.82) is 0 Å². The molecule has 0 saturated carbocycles. The van der Waals surface area contributed by atoms with Crippen LogP contribution in [0.1, 0.15) is 11.1 Å². The zero-order chi connectivity index (χ0) is 29.1. The van der Waals surface area contributed by atoms with E-state index in [2.05, 4.69) is 60.7 Å². The van der Waals surface area contributed by atoms with Crippen LogP contribution in [0.5, 0.6) is 0 Å². The standard InChI is InChI=1S/C14H8F6I.C12H10I.BF4/c15-13(16,17)9-1-5-11(6-2-9)21-12-7-3-10(4-8-12)14(18,19)20;1-3-7-11(8-4-1)13-12-9-5-2-6-10-12;2-1(3,4)5/h1-8H;1-10H;/q2*+1;-1. The van der Waals surface area contributed by atoms with Crippen molar-refractivity contribution in [2.75, 3.05) is 0 Å². The van der Waals surface area contributed by atoms with Gasteiger partial charge in [0.05, 0.1) is 11.1 Å². The van der Waals surface area contributed by atoms with Gasteiger partial charge < -0.3 is 17.3 Å². The van der Waals surface area contributed by atoms with Gasteiger partial charge in [-0.25, -0.2) is 0 Å². The third kappa shape index (κ3) is 14.1. The highest BCUT2D eigenvalue weighted by Gasteiger charge is 2.32. The molecule has 0 radical (unpaired) electrons. The van der Waals surface area contributed by atoms with Gasteiger partial charge in [0.15, 0.2) is 14.3 Å². The first kappa shape index (κ1) is 32.9. The third-order valence-corrected chi connectivity index (χ3v) is 9.61. The van der Waals surface area contributed by atoms with Gasteiger partial charge in [-0.3, -0.25) is 0 Å². The molecule has 13 heteroatoms. The normalized spacial score (nSPS) is 11.5. The average molecular weight is 785 g/mol. The van der Waals surface area contributed by atoms with Gasteiger partial charge in [-0.15, -0.1) is 0 Å². The summed E-state index contributed by atoms with van der Waals surface area (Å²) in [6.07, 6.45) is -8.77. The Morgan fingerprint density at radius 1 is 0.385 bits per heavy atom. The predicted molar refractivity (Wildman–Crippen MR) is 121 cm³/mol. The van der Waals surface area contributed by atoms with E-state index in [0.29, 0.717) is 7.14 Å². The molecule has 0 fully saturated rings. The Morgan fingerprint density at radius 2 is 0.615 bits per heavy atom. The Morgan fingerprint density at radius 3 is 0.846 bits per heavy atom. The number of hydrogen-bond donors (Lipinski definition) is 0. The average Bonchev–Trinajstić information content (AvgIpc) is 2.84. The number of rotatable bonds is 4. The molecule has 208 valence electrons. The van der Waals surface area contributed by atoms with Crippen molar-refractivity contribution in [2.45, 2.75) is 12.4 Å². The molecule has 39 heavy (non-hydrogen) atoms. The van der Waals surface area contributed by atoms with Gasteiger partial charge in [0.2, 0.25) is 0 Å². The second-order valence-electron chi connectivity index (χ2n) is 7.28. The molecule has 4 aromatic carbocycles. The van der Waals surface area contributed by atoms with E-state index < -0.39 is 51.9 Å². The van der Waals surface area contributed by atoms with Gasteiger partial charge in [-0.1, -0.05) is 36.4 Å². The van der Waals surface area contributed by atoms with E-state index in [-0.39, 0.29) is 21.2 Å². The Balaban J connectivity index is 0.000000250. The van der Waals surface area contributed by atoms with Gasteiger partial charge >= 0.3 is 62.0 Å². The Hall–Kier alpha value is -2.30. The summed E-state index contributed by atoms with van der Waals surface area (Å²) in [5, 5.41) is 0. The maximum absolute atomic E-state index is 12.4. The maximum Gasteiger partial charge on any atom is 0.673 e. The van der Waals surface area contributed by atoms with Gasteiger partial charge in [-0.2, -0.15) is 26.3 Å². The lowest BCUT2D eigenvalue weighted by atomic mass is 10.2. The SMILES string of the molecule is FC(F)(F)c1ccc([I+]c2ccc(C(F)(F)F)cc2)cc1.F[B-](F)(F)F.c1ccc([I+]c2ccccc2)cc1. The monoisotopic (exact) mass is 785 g/mol. The maximum atomic E-state index is 12.4. The van der Waals surface area contributed by atoms with Crippen molar-refractivity contribution in [1.82, 2.24) is 0 Å². The molecule has 4 rings (SSSR count). The van der Waals surface area contributed by atoms with Crippen molar-refractivity contribution in [3.05, 3.63) is 135 Å². The van der Waals surface area contributed by atoms with Crippen molar-refractivity contribution in [3.63, 3.8) is 0 Å². The quantitative estimate of drug-likeness (QED) is 0.170. The van der Waals surface area contributed by atoms with Crippen LogP contribution < -0.4 is 42.4 Å². The van der Waals surface area contributed by atoms with E-state index in [4.69, 9.17) is 0 Å². The van der Waals surface area contributed by atoms with Gasteiger partial charge in [0.25, 0.3) is 0 Å². The van der Waals surface area contributed by atoms with Crippen LogP contribution in [-0.4, -0.2) is 7.25 Å². The zero-order valence-electron chi connectivity index (χ0n) is 19.5. The van der Waals surface area contributed by atoms with Crippen LogP contribution in [0.2, 0.25) is 0 Å². The highest BCUT2D eigenvalue weighted by molar-refractivity contribution is 6.50. The molecule has 0 aromatic heterocycles. The highest BCUT2D eigenvalue weighted by Crippen LogP contribution is 2.29. The molecule has 0 aliphatic rings. The van der Waals surface area contributed by atoms with Crippen molar-refractivity contribution >= 4 is 7.25 Å². The Kier molecular flexibility index (Phi) is 12.6. The molecular weight excluding hydrogens is 767 g/mol. The molecule has 0 saturated heterocycles. The first-order chi connectivity index (χ1) is 18.1. The molecule has 0 amide bonds. The van der Waals surface area contributed by atoms with Gasteiger partial charge in [-0.05, 0) is 72.8 Å². The minimum atomic E-state index is -6.00. The Bertz CT molecular complexity index is 1140. The molecule has 0 aliphatic carbocycles. The molecule has 0 nitrogen and oxygen atoms in total. The van der Waals surface area contributed by atoms with E-state index >= 15 is 0 Å². The topological polar surface area (TPSA) is 0 Å². The summed E-state index contributed by atoms with van der Waals surface area (Å²) in [7, 11) is -6.00. The van der Waals surface area contributed by atoms with E-state index in [1.54, 1.807) is 0 Å². The lowest BCUT2D eigenvalue weighted by Gasteiger charge is -2.05. The number of hydrogen-bond acceptors (Lipinski definition) is 0. The van der Waals surface area contributed by atoms with Gasteiger partial charge in [0, 0.05) is 0 Å². The summed E-state index contributed by atoms with van der Waals surface area (Å²) in [5.41, 5.74) is -1.47. The summed E-state index contributed by atoms with van der Waals surface area (Å²) in [5.74, 6) is 0. The van der Waals surface area contributed by atoms with E-state index in [1.807, 2.05) is 0 Å². The molecule has 0 bridgehead atoms. The summed E-state index contributed by atoms with van der Waals surface area (Å²) in [4.78, 5) is 0. The van der Waals surface area contributed by atoms with Crippen molar-refractivity contribution in [2.24, 2.45) is 0 Å². The molecule has 0 spiro atoms.